The maximum absolute atomic E-state index is 12.7. The Morgan fingerprint density at radius 1 is 1.00 bits per heavy atom. The second-order valence-electron chi connectivity index (χ2n) is 6.89. The van der Waals surface area contributed by atoms with Crippen molar-refractivity contribution >= 4 is 17.5 Å². The summed E-state index contributed by atoms with van der Waals surface area (Å²) < 4.78 is 11.3. The van der Waals surface area contributed by atoms with Crippen LogP contribution in [0.5, 0.6) is 11.5 Å². The van der Waals surface area contributed by atoms with E-state index >= 15 is 0 Å². The number of fused-ring (bicyclic) bond motifs is 1. The Balaban J connectivity index is 1.40. The summed E-state index contributed by atoms with van der Waals surface area (Å²) in [5.74, 6) is 1.47. The fourth-order valence-corrected chi connectivity index (χ4v) is 3.90. The maximum atomic E-state index is 12.7. The van der Waals surface area contributed by atoms with E-state index < -0.39 is 0 Å². The zero-order chi connectivity index (χ0) is 18.6. The van der Waals surface area contributed by atoms with E-state index in [2.05, 4.69) is 4.90 Å². The fourth-order valence-electron chi connectivity index (χ4n) is 3.61. The molecule has 0 aliphatic carbocycles. The topological polar surface area (TPSA) is 42.0 Å². The molecule has 0 N–H and O–H groups in total. The molecule has 0 bridgehead atoms. The Bertz CT molecular complexity index is 813. The van der Waals surface area contributed by atoms with Crippen LogP contribution in [-0.4, -0.2) is 55.1 Å². The van der Waals surface area contributed by atoms with E-state index in [0.717, 1.165) is 56.0 Å². The van der Waals surface area contributed by atoms with Gasteiger partial charge in [0, 0.05) is 38.3 Å². The van der Waals surface area contributed by atoms with Crippen LogP contribution in [-0.2, 0) is 6.54 Å². The summed E-state index contributed by atoms with van der Waals surface area (Å²) in [6, 6.07) is 13.5. The largest absolute Gasteiger partial charge is 0.486 e. The first-order valence-electron chi connectivity index (χ1n) is 9.35. The SMILES string of the molecule is O=C(c1ccccc1)N1CCCN(Cc2cc(Cl)c3c(c2)OCCO3)CC1. The molecule has 1 fully saturated rings. The number of nitrogens with zero attached hydrogens (tertiary/aromatic N) is 2. The number of hydrogen-bond acceptors (Lipinski definition) is 4. The molecule has 4 rings (SSSR count). The van der Waals surface area contributed by atoms with Crippen molar-refractivity contribution in [3.05, 3.63) is 58.6 Å². The van der Waals surface area contributed by atoms with Crippen LogP contribution >= 0.6 is 11.6 Å². The van der Waals surface area contributed by atoms with Crippen LogP contribution in [0.15, 0.2) is 42.5 Å². The lowest BCUT2D eigenvalue weighted by Crippen LogP contribution is -2.35. The Hall–Kier alpha value is -2.24. The van der Waals surface area contributed by atoms with Crippen molar-refractivity contribution in [3.63, 3.8) is 0 Å². The first-order chi connectivity index (χ1) is 13.2. The van der Waals surface area contributed by atoms with Crippen molar-refractivity contribution in [3.8, 4) is 11.5 Å². The van der Waals surface area contributed by atoms with Crippen molar-refractivity contribution in [2.75, 3.05) is 39.4 Å². The van der Waals surface area contributed by atoms with E-state index in [9.17, 15) is 4.79 Å². The first kappa shape index (κ1) is 18.1. The number of halogens is 1. The minimum absolute atomic E-state index is 0.111. The van der Waals surface area contributed by atoms with Gasteiger partial charge in [-0.15, -0.1) is 0 Å². The van der Waals surface area contributed by atoms with Crippen LogP contribution in [0.1, 0.15) is 22.3 Å². The molecule has 27 heavy (non-hydrogen) atoms. The molecule has 2 aliphatic rings. The maximum Gasteiger partial charge on any atom is 0.253 e. The van der Waals surface area contributed by atoms with Crippen LogP contribution in [0.3, 0.4) is 0 Å². The number of amides is 1. The van der Waals surface area contributed by atoms with Gasteiger partial charge in [-0.25, -0.2) is 0 Å². The molecule has 2 aliphatic heterocycles. The molecule has 0 unspecified atom stereocenters. The van der Waals surface area contributed by atoms with Crippen LogP contribution in [0.25, 0.3) is 0 Å². The summed E-state index contributed by atoms with van der Waals surface area (Å²) in [5, 5.41) is 0.595. The zero-order valence-corrected chi connectivity index (χ0v) is 16.0. The summed E-state index contributed by atoms with van der Waals surface area (Å²) >= 11 is 6.35. The molecule has 0 atom stereocenters. The molecule has 142 valence electrons. The van der Waals surface area contributed by atoms with E-state index in [1.807, 2.05) is 47.4 Å². The average molecular weight is 387 g/mol. The minimum atomic E-state index is 0.111. The van der Waals surface area contributed by atoms with Crippen molar-refractivity contribution < 1.29 is 14.3 Å². The molecule has 0 aromatic heterocycles. The lowest BCUT2D eigenvalue weighted by atomic mass is 10.1. The normalized spacial score (nSPS) is 17.4. The highest BCUT2D eigenvalue weighted by molar-refractivity contribution is 6.32. The van der Waals surface area contributed by atoms with Gasteiger partial charge in [0.15, 0.2) is 11.5 Å². The Morgan fingerprint density at radius 2 is 1.81 bits per heavy atom. The zero-order valence-electron chi connectivity index (χ0n) is 15.2. The molecule has 5 nitrogen and oxygen atoms in total. The van der Waals surface area contributed by atoms with Gasteiger partial charge < -0.3 is 14.4 Å². The Kier molecular flexibility index (Phi) is 5.50. The quantitative estimate of drug-likeness (QED) is 0.810. The molecule has 1 amide bonds. The number of rotatable bonds is 3. The van der Waals surface area contributed by atoms with Crippen molar-refractivity contribution in [2.45, 2.75) is 13.0 Å². The van der Waals surface area contributed by atoms with E-state index in [-0.39, 0.29) is 5.91 Å². The van der Waals surface area contributed by atoms with Gasteiger partial charge in [0.1, 0.15) is 13.2 Å². The number of hydrogen-bond donors (Lipinski definition) is 0. The van der Waals surface area contributed by atoms with E-state index in [1.165, 1.54) is 0 Å². The third-order valence-electron chi connectivity index (χ3n) is 4.96. The standard InChI is InChI=1S/C21H23ClN2O3/c22-18-13-16(14-19-20(18)27-12-11-26-19)15-23-7-4-8-24(10-9-23)21(25)17-5-2-1-3-6-17/h1-3,5-6,13-14H,4,7-12,15H2. The number of benzene rings is 2. The van der Waals surface area contributed by atoms with Gasteiger partial charge in [-0.1, -0.05) is 29.8 Å². The highest BCUT2D eigenvalue weighted by Gasteiger charge is 2.22. The second kappa shape index (κ2) is 8.19. The molecule has 2 aromatic carbocycles. The van der Waals surface area contributed by atoms with Crippen molar-refractivity contribution in [1.82, 2.24) is 9.80 Å². The summed E-state index contributed by atoms with van der Waals surface area (Å²) in [5.41, 5.74) is 1.86. The summed E-state index contributed by atoms with van der Waals surface area (Å²) in [6.07, 6.45) is 0.955. The summed E-state index contributed by atoms with van der Waals surface area (Å²) in [7, 11) is 0. The molecule has 0 spiro atoms. The third-order valence-corrected chi connectivity index (χ3v) is 5.24. The number of ether oxygens (including phenoxy) is 2. The van der Waals surface area contributed by atoms with E-state index in [1.54, 1.807) is 0 Å². The second-order valence-corrected chi connectivity index (χ2v) is 7.30. The third kappa shape index (κ3) is 4.20. The minimum Gasteiger partial charge on any atom is -0.486 e. The van der Waals surface area contributed by atoms with Crippen molar-refractivity contribution in [2.24, 2.45) is 0 Å². The van der Waals surface area contributed by atoms with Gasteiger partial charge in [-0.05, 0) is 36.2 Å². The molecule has 6 heteroatoms. The van der Waals surface area contributed by atoms with Crippen LogP contribution in [0.4, 0.5) is 0 Å². The number of carbonyl (C=O) groups excluding carboxylic acids is 1. The average Bonchev–Trinajstić information content (AvgIpc) is 2.94. The highest BCUT2D eigenvalue weighted by atomic mass is 35.5. The molecule has 0 radical (unpaired) electrons. The molecule has 2 aromatic rings. The predicted octanol–water partition coefficient (Wildman–Crippen LogP) is 3.46. The Morgan fingerprint density at radius 3 is 2.67 bits per heavy atom. The molecular formula is C21H23ClN2O3. The van der Waals surface area contributed by atoms with Gasteiger partial charge >= 0.3 is 0 Å². The highest BCUT2D eigenvalue weighted by Crippen LogP contribution is 2.38. The Labute approximate surface area is 164 Å². The molecule has 0 saturated carbocycles. The van der Waals surface area contributed by atoms with Crippen LogP contribution in [0, 0.1) is 0 Å². The van der Waals surface area contributed by atoms with Gasteiger partial charge in [-0.2, -0.15) is 0 Å². The van der Waals surface area contributed by atoms with E-state index in [4.69, 9.17) is 21.1 Å². The first-order valence-corrected chi connectivity index (χ1v) is 9.73. The van der Waals surface area contributed by atoms with E-state index in [0.29, 0.717) is 24.0 Å². The molecule has 2 heterocycles. The molecule has 1 saturated heterocycles. The van der Waals surface area contributed by atoms with Gasteiger partial charge in [-0.3, -0.25) is 9.69 Å². The van der Waals surface area contributed by atoms with Gasteiger partial charge in [0.25, 0.3) is 5.91 Å². The van der Waals surface area contributed by atoms with Crippen LogP contribution < -0.4 is 9.47 Å². The van der Waals surface area contributed by atoms with Gasteiger partial charge in [0.2, 0.25) is 0 Å². The fraction of sp³-hybridized carbons (Fsp3) is 0.381. The summed E-state index contributed by atoms with van der Waals surface area (Å²) in [4.78, 5) is 17.0. The van der Waals surface area contributed by atoms with Gasteiger partial charge in [0.05, 0.1) is 5.02 Å². The summed E-state index contributed by atoms with van der Waals surface area (Å²) in [6.45, 7) is 5.16. The smallest absolute Gasteiger partial charge is 0.253 e. The predicted molar refractivity (Wildman–Crippen MR) is 105 cm³/mol. The lowest BCUT2D eigenvalue weighted by Gasteiger charge is -2.24. The van der Waals surface area contributed by atoms with Crippen LogP contribution in [0.2, 0.25) is 5.02 Å². The monoisotopic (exact) mass is 386 g/mol. The lowest BCUT2D eigenvalue weighted by molar-refractivity contribution is 0.0761. The molecular weight excluding hydrogens is 364 g/mol. The van der Waals surface area contributed by atoms with Crippen molar-refractivity contribution in [1.29, 1.82) is 0 Å². The number of carbonyl (C=O) groups is 1.